The van der Waals surface area contributed by atoms with Crippen LogP contribution in [0.3, 0.4) is 0 Å². The molecule has 28 heteroatoms. The average molecular weight is 1260 g/mol. The van der Waals surface area contributed by atoms with E-state index >= 15 is 0 Å². The zero-order valence-electron chi connectivity index (χ0n) is 50.3. The first kappa shape index (κ1) is 68.5. The molecule has 0 aromatic rings. The Bertz CT molecular complexity index is 2360. The van der Waals surface area contributed by atoms with Gasteiger partial charge in [-0.25, -0.2) is 0 Å². The van der Waals surface area contributed by atoms with Crippen LogP contribution in [0, 0.1) is 50.2 Å². The molecule has 18 N–H and O–H groups in total. The van der Waals surface area contributed by atoms with Gasteiger partial charge in [0.15, 0.2) is 31.5 Å². The van der Waals surface area contributed by atoms with Crippen LogP contribution in [0.2, 0.25) is 0 Å². The van der Waals surface area contributed by atoms with Gasteiger partial charge in [0.2, 0.25) is 0 Å². The maximum atomic E-state index is 12.9. The van der Waals surface area contributed by atoms with E-state index in [1.807, 2.05) is 6.92 Å². The molecule has 0 aromatic heterocycles. The van der Waals surface area contributed by atoms with E-state index in [1.165, 1.54) is 0 Å². The third-order valence-corrected chi connectivity index (χ3v) is 23.3. The fraction of sp³-hybridized carbons (Fsp3) is 0.966. The molecular formula is C59H98O28. The molecule has 0 amide bonds. The van der Waals surface area contributed by atoms with E-state index < -0.39 is 202 Å². The summed E-state index contributed by atoms with van der Waals surface area (Å²) >= 11 is 0. The Labute approximate surface area is 505 Å². The molecule has 9 fully saturated rings. The molecular weight excluding hydrogens is 1160 g/mol. The molecule has 0 radical (unpaired) electrons. The summed E-state index contributed by atoms with van der Waals surface area (Å²) < 4.78 is 58.4. The van der Waals surface area contributed by atoms with Crippen LogP contribution in [0.15, 0.2) is 11.6 Å². The van der Waals surface area contributed by atoms with Crippen LogP contribution in [0.5, 0.6) is 0 Å². The lowest BCUT2D eigenvalue weighted by Crippen LogP contribution is -2.69. The molecule has 0 bridgehead atoms. The fourth-order valence-electron chi connectivity index (χ4n) is 17.6. The van der Waals surface area contributed by atoms with E-state index in [1.54, 1.807) is 0 Å². The summed E-state index contributed by atoms with van der Waals surface area (Å²) in [6.07, 6.45) is -32.6. The Morgan fingerprint density at radius 1 is 0.425 bits per heavy atom. The summed E-state index contributed by atoms with van der Waals surface area (Å²) in [5.74, 6) is -0.0594. The Kier molecular flexibility index (Phi) is 20.3. The van der Waals surface area contributed by atoms with Crippen LogP contribution in [0.25, 0.3) is 0 Å². The van der Waals surface area contributed by atoms with Crippen molar-refractivity contribution in [2.24, 2.45) is 50.2 Å². The predicted molar refractivity (Wildman–Crippen MR) is 292 cm³/mol. The van der Waals surface area contributed by atoms with Crippen molar-refractivity contribution >= 4 is 0 Å². The molecule has 5 aliphatic carbocycles. The summed E-state index contributed by atoms with van der Waals surface area (Å²) in [6.45, 7) is 10.2. The second-order valence-corrected chi connectivity index (χ2v) is 28.8. The minimum atomic E-state index is -1.84. The Morgan fingerprint density at radius 2 is 0.885 bits per heavy atom. The maximum Gasteiger partial charge on any atom is 0.186 e. The molecule has 5 aliphatic heterocycles. The van der Waals surface area contributed by atoms with E-state index in [4.69, 9.17) is 47.4 Å². The van der Waals surface area contributed by atoms with Gasteiger partial charge in [0.05, 0.1) is 58.5 Å². The van der Waals surface area contributed by atoms with Crippen molar-refractivity contribution in [3.05, 3.63) is 11.6 Å². The lowest BCUT2D eigenvalue weighted by molar-refractivity contribution is -0.342. The number of hydrogen-bond donors (Lipinski definition) is 18. The highest BCUT2D eigenvalue weighted by molar-refractivity contribution is 5.35. The maximum absolute atomic E-state index is 12.9. The molecule has 34 atom stereocenters. The summed E-state index contributed by atoms with van der Waals surface area (Å²) in [4.78, 5) is 0. The first-order valence-corrected chi connectivity index (χ1v) is 31.0. The summed E-state index contributed by atoms with van der Waals surface area (Å²) in [5.41, 5.74) is -2.27. The molecule has 4 saturated carbocycles. The molecule has 87 heavy (non-hydrogen) atoms. The molecule has 5 heterocycles. The van der Waals surface area contributed by atoms with Crippen molar-refractivity contribution < 1.29 is 139 Å². The quantitative estimate of drug-likeness (QED) is 0.0643. The van der Waals surface area contributed by atoms with E-state index in [0.29, 0.717) is 38.5 Å². The first-order chi connectivity index (χ1) is 40.8. The zero-order valence-corrected chi connectivity index (χ0v) is 50.3. The Morgan fingerprint density at radius 3 is 1.40 bits per heavy atom. The van der Waals surface area contributed by atoms with Gasteiger partial charge < -0.3 is 139 Å². The monoisotopic (exact) mass is 1250 g/mol. The third-order valence-electron chi connectivity index (χ3n) is 23.3. The van der Waals surface area contributed by atoms with Crippen LogP contribution in [0.4, 0.5) is 0 Å². The van der Waals surface area contributed by atoms with Crippen LogP contribution in [-0.4, -0.2) is 298 Å². The van der Waals surface area contributed by atoms with Gasteiger partial charge in [-0.2, -0.15) is 0 Å². The number of ether oxygens (including phenoxy) is 10. The van der Waals surface area contributed by atoms with Crippen molar-refractivity contribution in [3.8, 4) is 0 Å². The van der Waals surface area contributed by atoms with Crippen molar-refractivity contribution in [2.75, 3.05) is 46.2 Å². The van der Waals surface area contributed by atoms with Gasteiger partial charge in [-0.3, -0.25) is 0 Å². The molecule has 10 aliphatic rings. The Balaban J connectivity index is 0.802. The topological polar surface area (TPSA) is 456 Å². The first-order valence-electron chi connectivity index (χ1n) is 31.0. The number of aliphatic hydroxyl groups is 18. The second kappa shape index (κ2) is 25.7. The van der Waals surface area contributed by atoms with Crippen molar-refractivity contribution in [3.63, 3.8) is 0 Å². The van der Waals surface area contributed by atoms with Crippen molar-refractivity contribution in [1.29, 1.82) is 0 Å². The van der Waals surface area contributed by atoms with Gasteiger partial charge in [-0.15, -0.1) is 0 Å². The normalized spacial score (nSPS) is 55.2. The van der Waals surface area contributed by atoms with Crippen LogP contribution in [0.1, 0.15) is 99.3 Å². The lowest BCUT2D eigenvalue weighted by Gasteiger charge is -2.73. The van der Waals surface area contributed by atoms with Gasteiger partial charge in [-0.05, 0) is 97.2 Å². The highest BCUT2D eigenvalue weighted by atomic mass is 16.8. The summed E-state index contributed by atoms with van der Waals surface area (Å²) in [5, 5.41) is 195. The van der Waals surface area contributed by atoms with Crippen molar-refractivity contribution in [2.45, 2.75) is 259 Å². The SMILES string of the molecule is CC1(C)C=C2[C@H]3CC[C@@H]4[C@@]5(C)CC[C@H](O)[C@@](C)(CO[C@@H]6O[C@H](CO[C@@H]7O[C@H](CO[C@@H]8OC[C@@H](O)[C@H](O)[C@H]8O)[C@@H](O)[C@H](O)[C@H]7O)[C@@H](O)[C@H](O)[C@H]6O)C5CC[C@@]4(C)[C@]3(C)C[C@H](O)[C@@]2(CO[C@@H]2O[C@H](CO[C@@H]3O[C@H](CO)[C@@H](O)[C@H](O)[C@H]3O)[C@@H](O)[C@H](O)[C@H]2O)CC1. The average Bonchev–Trinajstić information content (AvgIpc) is 0.677. The summed E-state index contributed by atoms with van der Waals surface area (Å²) in [6, 6.07) is 0. The van der Waals surface area contributed by atoms with Gasteiger partial charge in [-0.1, -0.05) is 53.2 Å². The van der Waals surface area contributed by atoms with Crippen LogP contribution in [-0.2, 0) is 47.4 Å². The number of aliphatic hydroxyl groups excluding tert-OH is 18. The highest BCUT2D eigenvalue weighted by Gasteiger charge is 2.71. The van der Waals surface area contributed by atoms with E-state index in [9.17, 15) is 91.9 Å². The smallest absolute Gasteiger partial charge is 0.186 e. The molecule has 1 unspecified atom stereocenters. The molecule has 10 rings (SSSR count). The molecule has 0 aromatic carbocycles. The lowest BCUT2D eigenvalue weighted by atomic mass is 9.32. The largest absolute Gasteiger partial charge is 0.394 e. The standard InChI is InChI=1S/C59H98O28/c1-54(2)13-14-59(23-83-53-48(77)43(72)39(68)30(87-53)20-80-50-45(74)40(69)36(65)27(17-60)84-50)25(15-54)24-7-8-32-55(3)11-10-33(62)56(4,31(55)9-12-57(32,5)58(24,6)16-34(59)63)22-82-52-47(76)42(71)38(67)29(86-52)21-81-51-46(75)41(70)37(66)28(85-51)19-79-49-44(73)35(64)26(61)18-78-49/h15,24,26-53,60-77H,7-14,16-23H2,1-6H3/t24-,26-,27-,28-,29-,30-,31?,32-,33+,34+,35+,36-,37-,38-,39-,40+,41+,42+,43+,44-,45-,46-,47-,48-,49+,50-,51-,52-,53-,55+,56+,57-,58-,59-/m1/s1. The van der Waals surface area contributed by atoms with Gasteiger partial charge >= 0.3 is 0 Å². The number of allylic oxidation sites excluding steroid dienone is 1. The van der Waals surface area contributed by atoms with Crippen molar-refractivity contribution in [1.82, 2.24) is 0 Å². The molecule has 0 spiro atoms. The third kappa shape index (κ3) is 12.0. The fourth-order valence-corrected chi connectivity index (χ4v) is 17.6. The Hall–Kier alpha value is -1.38. The predicted octanol–water partition coefficient (Wildman–Crippen LogP) is -5.16. The van der Waals surface area contributed by atoms with E-state index in [2.05, 4.69) is 40.7 Å². The zero-order chi connectivity index (χ0) is 63.4. The van der Waals surface area contributed by atoms with Crippen LogP contribution < -0.4 is 0 Å². The highest BCUT2D eigenvalue weighted by Crippen LogP contribution is 2.76. The van der Waals surface area contributed by atoms with Gasteiger partial charge in [0.25, 0.3) is 0 Å². The van der Waals surface area contributed by atoms with E-state index in [-0.39, 0.29) is 53.8 Å². The summed E-state index contributed by atoms with van der Waals surface area (Å²) in [7, 11) is 0. The van der Waals surface area contributed by atoms with Gasteiger partial charge in [0.1, 0.15) is 116 Å². The number of rotatable bonds is 16. The number of hydrogen-bond acceptors (Lipinski definition) is 28. The number of fused-ring (bicyclic) bond motifs is 7. The van der Waals surface area contributed by atoms with Crippen LogP contribution >= 0.6 is 0 Å². The van der Waals surface area contributed by atoms with E-state index in [0.717, 1.165) is 24.8 Å². The minimum Gasteiger partial charge on any atom is -0.394 e. The molecule has 502 valence electrons. The molecule has 5 saturated heterocycles. The van der Waals surface area contributed by atoms with Gasteiger partial charge in [0, 0.05) is 10.8 Å². The second-order valence-electron chi connectivity index (χ2n) is 28.8. The molecule has 28 nitrogen and oxygen atoms in total. The minimum absolute atomic E-state index is 0.0221.